The number of amides is 1. The van der Waals surface area contributed by atoms with Crippen molar-refractivity contribution in [1.29, 1.82) is 0 Å². The van der Waals surface area contributed by atoms with Crippen LogP contribution in [0, 0.1) is 0 Å². The summed E-state index contributed by atoms with van der Waals surface area (Å²) in [5.74, 6) is 0.290. The minimum atomic E-state index is -0.0392. The maximum absolute atomic E-state index is 13.4. The Morgan fingerprint density at radius 3 is 2.48 bits per heavy atom. The summed E-state index contributed by atoms with van der Waals surface area (Å²) in [6.45, 7) is 9.80. The van der Waals surface area contributed by atoms with Crippen LogP contribution in [0.3, 0.4) is 0 Å². The molecule has 0 bridgehead atoms. The first-order chi connectivity index (χ1) is 15.1. The quantitative estimate of drug-likeness (QED) is 0.743. The van der Waals surface area contributed by atoms with Gasteiger partial charge >= 0.3 is 0 Å². The second-order valence-electron chi connectivity index (χ2n) is 9.27. The molecule has 0 aromatic heterocycles. The summed E-state index contributed by atoms with van der Waals surface area (Å²) in [6.07, 6.45) is 3.31. The van der Waals surface area contributed by atoms with Crippen molar-refractivity contribution in [2.75, 3.05) is 39.8 Å². The Morgan fingerprint density at radius 2 is 1.74 bits per heavy atom. The highest BCUT2D eigenvalue weighted by molar-refractivity contribution is 5.86. The molecule has 2 aliphatic heterocycles. The maximum Gasteiger partial charge on any atom is 0.239 e. The van der Waals surface area contributed by atoms with E-state index in [2.05, 4.69) is 78.5 Å². The molecule has 1 amide bonds. The lowest BCUT2D eigenvalue weighted by Gasteiger charge is -2.31. The van der Waals surface area contributed by atoms with Gasteiger partial charge in [-0.2, -0.15) is 0 Å². The van der Waals surface area contributed by atoms with Gasteiger partial charge in [-0.1, -0.05) is 42.5 Å². The van der Waals surface area contributed by atoms with Crippen molar-refractivity contribution in [3.63, 3.8) is 0 Å². The van der Waals surface area contributed by atoms with Gasteiger partial charge in [-0.25, -0.2) is 0 Å². The van der Waals surface area contributed by atoms with Gasteiger partial charge < -0.3 is 15.1 Å². The molecule has 2 aromatic rings. The third-order valence-electron chi connectivity index (χ3n) is 7.21. The maximum atomic E-state index is 13.4. The number of nitrogens with zero attached hydrogens (tertiary/aromatic N) is 3. The number of piperidine rings is 1. The van der Waals surface area contributed by atoms with E-state index in [1.807, 2.05) is 4.90 Å². The molecule has 2 saturated heterocycles. The summed E-state index contributed by atoms with van der Waals surface area (Å²) in [5, 5.41) is 6.48. The molecule has 1 N–H and O–H groups in total. The second kappa shape index (κ2) is 10.1. The number of likely N-dealkylation sites (tertiary alicyclic amines) is 2. The van der Waals surface area contributed by atoms with Crippen molar-refractivity contribution < 1.29 is 4.79 Å². The molecule has 168 valence electrons. The molecule has 2 heterocycles. The molecule has 2 atom stereocenters. The smallest absolute Gasteiger partial charge is 0.239 e. The topological polar surface area (TPSA) is 38.8 Å². The summed E-state index contributed by atoms with van der Waals surface area (Å²) in [7, 11) is 2.20. The molecule has 2 fully saturated rings. The molecule has 0 saturated carbocycles. The zero-order chi connectivity index (χ0) is 21.8. The molecular weight excluding hydrogens is 384 g/mol. The Morgan fingerprint density at radius 1 is 1.03 bits per heavy atom. The summed E-state index contributed by atoms with van der Waals surface area (Å²) in [5.41, 5.74) is 1.32. The highest BCUT2D eigenvalue weighted by atomic mass is 16.2. The van der Waals surface area contributed by atoms with Crippen LogP contribution in [0.2, 0.25) is 0 Å². The van der Waals surface area contributed by atoms with Gasteiger partial charge in [0.25, 0.3) is 0 Å². The van der Waals surface area contributed by atoms with Crippen LogP contribution in [0.25, 0.3) is 10.8 Å². The lowest BCUT2D eigenvalue weighted by molar-refractivity contribution is -0.135. The lowest BCUT2D eigenvalue weighted by atomic mass is 10.0. The van der Waals surface area contributed by atoms with Crippen LogP contribution in [0.4, 0.5) is 0 Å². The molecule has 31 heavy (non-hydrogen) atoms. The van der Waals surface area contributed by atoms with E-state index in [-0.39, 0.29) is 11.9 Å². The Balaban J connectivity index is 1.52. The normalized spacial score (nSPS) is 23.5. The number of hydrogen-bond acceptors (Lipinski definition) is 4. The molecule has 5 nitrogen and oxygen atoms in total. The van der Waals surface area contributed by atoms with Crippen LogP contribution in [-0.2, 0) is 11.3 Å². The van der Waals surface area contributed by atoms with Gasteiger partial charge in [0.2, 0.25) is 5.91 Å². The van der Waals surface area contributed by atoms with Gasteiger partial charge in [-0.05, 0) is 69.6 Å². The Hall–Kier alpha value is -1.95. The first-order valence-corrected chi connectivity index (χ1v) is 12.0. The van der Waals surface area contributed by atoms with E-state index in [0.29, 0.717) is 12.1 Å². The number of nitrogens with one attached hydrogen (secondary N) is 1. The monoisotopic (exact) mass is 422 g/mol. The van der Waals surface area contributed by atoms with Gasteiger partial charge in [0.05, 0.1) is 6.04 Å². The van der Waals surface area contributed by atoms with Crippen molar-refractivity contribution >= 4 is 16.7 Å². The van der Waals surface area contributed by atoms with Gasteiger partial charge in [0.1, 0.15) is 0 Å². The molecular formula is C26H38N4O. The molecule has 2 aromatic carbocycles. The van der Waals surface area contributed by atoms with Crippen LogP contribution in [0.5, 0.6) is 0 Å². The van der Waals surface area contributed by atoms with Gasteiger partial charge in [0, 0.05) is 38.3 Å². The molecule has 5 heteroatoms. The number of likely N-dealkylation sites (N-methyl/N-ethyl adjacent to an activating group) is 1. The highest BCUT2D eigenvalue weighted by Crippen LogP contribution is 2.27. The number of benzene rings is 2. The van der Waals surface area contributed by atoms with E-state index in [0.717, 1.165) is 45.7 Å². The fraction of sp³-hybridized carbons (Fsp3) is 0.577. The molecule has 4 rings (SSSR count). The lowest BCUT2D eigenvalue weighted by Crippen LogP contribution is -2.46. The van der Waals surface area contributed by atoms with Crippen LogP contribution in [-0.4, -0.2) is 78.5 Å². The van der Waals surface area contributed by atoms with E-state index in [1.54, 1.807) is 0 Å². The Labute approximate surface area is 187 Å². The van der Waals surface area contributed by atoms with Crippen molar-refractivity contribution in [3.8, 4) is 0 Å². The van der Waals surface area contributed by atoms with Crippen LogP contribution in [0.15, 0.2) is 42.5 Å². The van der Waals surface area contributed by atoms with Crippen LogP contribution >= 0.6 is 0 Å². The second-order valence-corrected chi connectivity index (χ2v) is 9.27. The van der Waals surface area contributed by atoms with Crippen molar-refractivity contribution in [2.45, 2.75) is 57.8 Å². The zero-order valence-electron chi connectivity index (χ0n) is 19.4. The summed E-state index contributed by atoms with van der Waals surface area (Å²) in [6, 6.07) is 16.0. The van der Waals surface area contributed by atoms with E-state index < -0.39 is 0 Å². The standard InChI is InChI=1S/C26H38N4O/c1-4-29(5-2)26(31)25-17-23(27-22-13-15-28(3)16-14-22)19-30(25)18-21-11-8-10-20-9-6-7-12-24(20)21/h6-12,22-23,25,27H,4-5,13-19H2,1-3H3/t23-,25-/m0/s1. The molecule has 0 radical (unpaired) electrons. The number of carbonyl (C=O) groups is 1. The van der Waals surface area contributed by atoms with Crippen molar-refractivity contribution in [3.05, 3.63) is 48.0 Å². The van der Waals surface area contributed by atoms with Gasteiger partial charge in [-0.15, -0.1) is 0 Å². The number of carbonyl (C=O) groups excluding carboxylic acids is 1. The van der Waals surface area contributed by atoms with E-state index >= 15 is 0 Å². The highest BCUT2D eigenvalue weighted by Gasteiger charge is 2.39. The van der Waals surface area contributed by atoms with Gasteiger partial charge in [-0.3, -0.25) is 9.69 Å². The van der Waals surface area contributed by atoms with Crippen LogP contribution in [0.1, 0.15) is 38.7 Å². The van der Waals surface area contributed by atoms with Crippen molar-refractivity contribution in [1.82, 2.24) is 20.0 Å². The van der Waals surface area contributed by atoms with E-state index in [9.17, 15) is 4.79 Å². The molecule has 0 aliphatic carbocycles. The Kier molecular flexibility index (Phi) is 7.26. The minimum absolute atomic E-state index is 0.0392. The predicted octanol–water partition coefficient (Wildman–Crippen LogP) is 3.33. The fourth-order valence-electron chi connectivity index (χ4n) is 5.36. The van der Waals surface area contributed by atoms with E-state index in [1.165, 1.54) is 29.2 Å². The first-order valence-electron chi connectivity index (χ1n) is 12.0. The SMILES string of the molecule is CCN(CC)C(=O)[C@@H]1C[C@H](NC2CCN(C)CC2)CN1Cc1cccc2ccccc12. The molecule has 2 aliphatic rings. The minimum Gasteiger partial charge on any atom is -0.342 e. The van der Waals surface area contributed by atoms with Gasteiger partial charge in [0.15, 0.2) is 0 Å². The third-order valence-corrected chi connectivity index (χ3v) is 7.21. The molecule has 0 spiro atoms. The fourth-order valence-corrected chi connectivity index (χ4v) is 5.36. The number of rotatable bonds is 7. The Bertz CT molecular complexity index is 867. The summed E-state index contributed by atoms with van der Waals surface area (Å²) < 4.78 is 0. The molecule has 0 unspecified atom stereocenters. The third kappa shape index (κ3) is 5.11. The van der Waals surface area contributed by atoms with Crippen molar-refractivity contribution in [2.24, 2.45) is 0 Å². The van der Waals surface area contributed by atoms with Crippen LogP contribution < -0.4 is 5.32 Å². The summed E-state index contributed by atoms with van der Waals surface area (Å²) >= 11 is 0. The number of hydrogen-bond donors (Lipinski definition) is 1. The largest absolute Gasteiger partial charge is 0.342 e. The summed E-state index contributed by atoms with van der Waals surface area (Å²) in [4.78, 5) is 20.2. The number of fused-ring (bicyclic) bond motifs is 1. The predicted molar refractivity (Wildman–Crippen MR) is 128 cm³/mol. The first kappa shape index (κ1) is 22.3. The zero-order valence-corrected chi connectivity index (χ0v) is 19.4. The average Bonchev–Trinajstić information content (AvgIpc) is 3.18. The average molecular weight is 423 g/mol. The van der Waals surface area contributed by atoms with E-state index in [4.69, 9.17) is 0 Å².